The lowest BCUT2D eigenvalue weighted by Crippen LogP contribution is -2.24. The number of hydrogen-bond acceptors (Lipinski definition) is 6. The van der Waals surface area contributed by atoms with E-state index in [1.54, 1.807) is 24.3 Å². The first-order valence-corrected chi connectivity index (χ1v) is 7.48. The molecule has 1 aliphatic heterocycles. The number of pyridine rings is 1. The predicted molar refractivity (Wildman–Crippen MR) is 92.4 cm³/mol. The van der Waals surface area contributed by atoms with E-state index in [0.29, 0.717) is 10.8 Å². The van der Waals surface area contributed by atoms with E-state index in [1.165, 1.54) is 12.1 Å². The maximum atomic E-state index is 12.6. The van der Waals surface area contributed by atoms with Gasteiger partial charge in [-0.2, -0.15) is 0 Å². The van der Waals surface area contributed by atoms with Gasteiger partial charge in [0.25, 0.3) is 23.1 Å². The first kappa shape index (κ1) is 15.5. The molecule has 1 aliphatic rings. The van der Waals surface area contributed by atoms with Crippen molar-refractivity contribution in [2.24, 2.45) is 0 Å². The number of aromatic nitrogens is 1. The molecule has 0 saturated carbocycles. The highest BCUT2D eigenvalue weighted by molar-refractivity contribution is 6.23. The fraction of sp³-hybridized carbons (Fsp3) is 0. The van der Waals surface area contributed by atoms with Crippen LogP contribution in [0.15, 0.2) is 47.3 Å². The number of nitrogens with one attached hydrogen (secondary N) is 1. The summed E-state index contributed by atoms with van der Waals surface area (Å²) in [6, 6.07) is 10.2. The van der Waals surface area contributed by atoms with Gasteiger partial charge >= 0.3 is 0 Å². The van der Waals surface area contributed by atoms with Crippen molar-refractivity contribution in [2.75, 3.05) is 5.73 Å². The zero-order valence-corrected chi connectivity index (χ0v) is 13.1. The van der Waals surface area contributed by atoms with Crippen molar-refractivity contribution in [2.45, 2.75) is 0 Å². The number of amides is 2. The number of nitro groups is 1. The Morgan fingerprint density at radius 1 is 1.00 bits per heavy atom. The molecule has 9 nitrogen and oxygen atoms in total. The fourth-order valence-corrected chi connectivity index (χ4v) is 3.15. The molecule has 9 heteroatoms. The van der Waals surface area contributed by atoms with Gasteiger partial charge in [0.2, 0.25) is 0 Å². The Morgan fingerprint density at radius 3 is 2.38 bits per heavy atom. The molecule has 0 aliphatic carbocycles. The number of nitrogen functional groups attached to an aromatic ring is 1. The Balaban J connectivity index is 2.10. The van der Waals surface area contributed by atoms with Crippen molar-refractivity contribution in [3.8, 4) is 5.69 Å². The molecule has 2 heterocycles. The van der Waals surface area contributed by atoms with Crippen LogP contribution in [-0.4, -0.2) is 21.3 Å². The molecule has 3 N–H and O–H groups in total. The maximum Gasteiger partial charge on any atom is 0.277 e. The number of fused-ring (bicyclic) bond motifs is 2. The van der Waals surface area contributed by atoms with Gasteiger partial charge in [0, 0.05) is 17.5 Å². The summed E-state index contributed by atoms with van der Waals surface area (Å²) < 4.78 is 1.07. The molecule has 1 aromatic heterocycles. The Hall–Kier alpha value is -4.01. The molecule has 0 fully saturated rings. The van der Waals surface area contributed by atoms with Crippen LogP contribution in [0.1, 0.15) is 20.7 Å². The first-order chi connectivity index (χ1) is 12.4. The standard InChI is InChI=1S/C17H10N4O5/c18-15-14-10(16(23)19-17(14)24)7-13(22)20(15)11-5-6-12(21(25)26)9-4-2-1-3-8(9)11/h1-7H,18H2,(H,19,23,24). The highest BCUT2D eigenvalue weighted by atomic mass is 16.6. The Kier molecular flexibility index (Phi) is 3.13. The minimum absolute atomic E-state index is 0.0834. The molecular weight excluding hydrogens is 340 g/mol. The molecule has 0 unspecified atom stereocenters. The summed E-state index contributed by atoms with van der Waals surface area (Å²) in [4.78, 5) is 47.0. The average Bonchev–Trinajstić information content (AvgIpc) is 2.88. The van der Waals surface area contributed by atoms with Crippen LogP contribution in [0.2, 0.25) is 0 Å². The zero-order chi connectivity index (χ0) is 18.6. The van der Waals surface area contributed by atoms with E-state index in [0.717, 1.165) is 10.6 Å². The lowest BCUT2D eigenvalue weighted by atomic mass is 10.1. The van der Waals surface area contributed by atoms with E-state index in [9.17, 15) is 24.5 Å². The summed E-state index contributed by atoms with van der Waals surface area (Å²) in [7, 11) is 0. The number of benzene rings is 2. The summed E-state index contributed by atoms with van der Waals surface area (Å²) in [6.45, 7) is 0. The largest absolute Gasteiger partial charge is 0.384 e. The first-order valence-electron chi connectivity index (χ1n) is 7.48. The van der Waals surface area contributed by atoms with Crippen LogP contribution >= 0.6 is 0 Å². The molecule has 0 radical (unpaired) electrons. The number of non-ortho nitro benzene ring substituents is 1. The molecule has 0 atom stereocenters. The van der Waals surface area contributed by atoms with E-state index in [2.05, 4.69) is 5.32 Å². The van der Waals surface area contributed by atoms with Crippen LogP contribution in [0.25, 0.3) is 16.5 Å². The van der Waals surface area contributed by atoms with Crippen molar-refractivity contribution >= 4 is 34.1 Å². The van der Waals surface area contributed by atoms with Crippen LogP contribution in [0.5, 0.6) is 0 Å². The summed E-state index contributed by atoms with van der Waals surface area (Å²) >= 11 is 0. The van der Waals surface area contributed by atoms with E-state index in [-0.39, 0.29) is 28.3 Å². The van der Waals surface area contributed by atoms with Crippen LogP contribution in [0.4, 0.5) is 11.5 Å². The third-order valence-electron chi connectivity index (χ3n) is 4.27. The average molecular weight is 350 g/mol. The molecule has 0 saturated heterocycles. The summed E-state index contributed by atoms with van der Waals surface area (Å²) in [5.74, 6) is -1.58. The number of nitrogens with zero attached hydrogens (tertiary/aromatic N) is 2. The van der Waals surface area contributed by atoms with Crippen molar-refractivity contribution in [1.29, 1.82) is 0 Å². The van der Waals surface area contributed by atoms with Gasteiger partial charge in [-0.25, -0.2) is 0 Å². The lowest BCUT2D eigenvalue weighted by Gasteiger charge is -2.14. The molecule has 4 rings (SSSR count). The predicted octanol–water partition coefficient (Wildman–Crippen LogP) is 1.36. The van der Waals surface area contributed by atoms with E-state index in [1.807, 2.05) is 0 Å². The summed E-state index contributed by atoms with van der Waals surface area (Å²) in [5, 5.41) is 14.1. The van der Waals surface area contributed by atoms with Crippen LogP contribution in [0.3, 0.4) is 0 Å². The second-order valence-electron chi connectivity index (χ2n) is 5.68. The minimum atomic E-state index is -0.692. The molecule has 0 spiro atoms. The molecule has 2 aromatic carbocycles. The van der Waals surface area contributed by atoms with Gasteiger partial charge in [0.15, 0.2) is 0 Å². The highest BCUT2D eigenvalue weighted by Crippen LogP contribution is 2.32. The summed E-state index contributed by atoms with van der Waals surface area (Å²) in [6.07, 6.45) is 0. The zero-order valence-electron chi connectivity index (χ0n) is 13.1. The van der Waals surface area contributed by atoms with Crippen molar-refractivity contribution in [3.63, 3.8) is 0 Å². The Morgan fingerprint density at radius 2 is 1.69 bits per heavy atom. The smallest absolute Gasteiger partial charge is 0.277 e. The third-order valence-corrected chi connectivity index (χ3v) is 4.27. The fourth-order valence-electron chi connectivity index (χ4n) is 3.15. The molecule has 128 valence electrons. The van der Waals surface area contributed by atoms with Gasteiger partial charge < -0.3 is 5.73 Å². The number of nitrogens with two attached hydrogens (primary N) is 1. The number of anilines is 1. The molecular formula is C17H10N4O5. The van der Waals surface area contributed by atoms with Crippen LogP contribution in [0, 0.1) is 10.1 Å². The number of imide groups is 1. The maximum absolute atomic E-state index is 12.6. The Bertz CT molecular complexity index is 1210. The van der Waals surface area contributed by atoms with Gasteiger partial charge in [-0.05, 0) is 12.1 Å². The van der Waals surface area contributed by atoms with E-state index in [4.69, 9.17) is 5.73 Å². The van der Waals surface area contributed by atoms with Crippen molar-refractivity contribution in [1.82, 2.24) is 9.88 Å². The van der Waals surface area contributed by atoms with E-state index < -0.39 is 22.3 Å². The topological polar surface area (TPSA) is 137 Å². The van der Waals surface area contributed by atoms with Gasteiger partial charge in [-0.1, -0.05) is 18.2 Å². The molecule has 2 amide bonds. The minimum Gasteiger partial charge on any atom is -0.384 e. The number of carbonyl (C=O) groups excluding carboxylic acids is 2. The van der Waals surface area contributed by atoms with Crippen molar-refractivity contribution in [3.05, 3.63) is 74.1 Å². The van der Waals surface area contributed by atoms with E-state index >= 15 is 0 Å². The monoisotopic (exact) mass is 350 g/mol. The SMILES string of the molecule is Nc1c2c(cc(=O)n1-c1ccc([N+](=O)[O-])c3ccccc13)C(=O)NC2=O. The lowest BCUT2D eigenvalue weighted by molar-refractivity contribution is -0.383. The summed E-state index contributed by atoms with van der Waals surface area (Å²) in [5.41, 5.74) is 5.40. The van der Waals surface area contributed by atoms with Crippen molar-refractivity contribution < 1.29 is 14.5 Å². The third kappa shape index (κ3) is 2.00. The van der Waals surface area contributed by atoms with Crippen LogP contribution in [-0.2, 0) is 0 Å². The second-order valence-corrected chi connectivity index (χ2v) is 5.68. The molecule has 26 heavy (non-hydrogen) atoms. The van der Waals surface area contributed by atoms with Crippen LogP contribution < -0.4 is 16.6 Å². The quantitative estimate of drug-likeness (QED) is 0.407. The van der Waals surface area contributed by atoms with Gasteiger partial charge in [0.05, 0.1) is 27.1 Å². The van der Waals surface area contributed by atoms with Gasteiger partial charge in [0.1, 0.15) is 5.82 Å². The normalized spacial score (nSPS) is 12.9. The Labute approximate surface area is 144 Å². The number of carbonyl (C=O) groups is 2. The molecule has 3 aromatic rings. The highest BCUT2D eigenvalue weighted by Gasteiger charge is 2.32. The second kappa shape index (κ2) is 5.24. The van der Waals surface area contributed by atoms with Gasteiger partial charge in [-0.3, -0.25) is 34.4 Å². The number of rotatable bonds is 2. The molecule has 0 bridgehead atoms. The number of hydrogen-bond donors (Lipinski definition) is 2. The van der Waals surface area contributed by atoms with Gasteiger partial charge in [-0.15, -0.1) is 0 Å². The number of nitro benzene ring substituents is 1.